The molecule has 0 amide bonds. The summed E-state index contributed by atoms with van der Waals surface area (Å²) >= 11 is 0. The first-order valence-corrected chi connectivity index (χ1v) is 5.89. The Balaban J connectivity index is 4.71. The number of aliphatic hydroxyl groups excluding tert-OH is 1. The number of aliphatic hydroxyl groups is 1. The molecule has 5 nitrogen and oxygen atoms in total. The lowest BCUT2D eigenvalue weighted by molar-refractivity contribution is -0.0383. The average Bonchev–Trinajstić information content (AvgIpc) is 1.97. The monoisotopic (exact) mass is 246 g/mol. The van der Waals surface area contributed by atoms with Gasteiger partial charge in [0.25, 0.3) is 16.1 Å². The van der Waals surface area contributed by atoms with E-state index in [1.807, 2.05) is 0 Å². The number of nitrogens with zero attached hydrogens (tertiary/aromatic N) is 1. The lowest BCUT2D eigenvalue weighted by atomic mass is 10.2. The summed E-state index contributed by atoms with van der Waals surface area (Å²) in [5, 5.41) is 13.2. The first kappa shape index (κ1) is 14.7. The number of hydrogen-bond acceptors (Lipinski definition) is 3. The van der Waals surface area contributed by atoms with Crippen LogP contribution in [-0.4, -0.2) is 42.9 Å². The Hall–Kier alpha value is -0.310. The van der Waals surface area contributed by atoms with E-state index in [0.717, 1.165) is 0 Å². The van der Waals surface area contributed by atoms with E-state index in [0.29, 0.717) is 4.31 Å². The molecule has 0 heterocycles. The number of rotatable bonds is 6. The third-order valence-electron chi connectivity index (χ3n) is 1.77. The highest BCUT2D eigenvalue weighted by Crippen LogP contribution is 2.21. The maximum absolute atomic E-state index is 13.0. The van der Waals surface area contributed by atoms with Crippen LogP contribution in [0.25, 0.3) is 0 Å². The van der Waals surface area contributed by atoms with E-state index in [9.17, 15) is 17.2 Å². The first-order valence-electron chi connectivity index (χ1n) is 4.38. The third kappa shape index (κ3) is 5.36. The van der Waals surface area contributed by atoms with Crippen molar-refractivity contribution in [1.82, 2.24) is 4.31 Å². The van der Waals surface area contributed by atoms with Crippen molar-refractivity contribution in [3.63, 3.8) is 0 Å². The Morgan fingerprint density at radius 1 is 1.47 bits per heavy atom. The molecule has 0 aromatic heterocycles. The normalized spacial score (nSPS) is 13.9. The fraction of sp³-hybridized carbons (Fsp3) is 1.00. The van der Waals surface area contributed by atoms with Crippen LogP contribution in [0.5, 0.6) is 0 Å². The minimum Gasteiger partial charge on any atom is -0.396 e. The van der Waals surface area contributed by atoms with Gasteiger partial charge in [0.2, 0.25) is 0 Å². The minimum atomic E-state index is -4.14. The molecule has 0 saturated heterocycles. The van der Waals surface area contributed by atoms with Crippen LogP contribution in [0.15, 0.2) is 0 Å². The van der Waals surface area contributed by atoms with E-state index in [-0.39, 0.29) is 0 Å². The molecule has 92 valence electrons. The Morgan fingerprint density at radius 2 is 1.93 bits per heavy atom. The Morgan fingerprint density at radius 3 is 2.20 bits per heavy atom. The Bertz CT molecular complexity index is 293. The van der Waals surface area contributed by atoms with Gasteiger partial charge in [-0.1, -0.05) is 0 Å². The molecule has 0 aliphatic heterocycles. The van der Waals surface area contributed by atoms with Crippen molar-refractivity contribution in [3.05, 3.63) is 0 Å². The van der Waals surface area contributed by atoms with Gasteiger partial charge in [-0.25, -0.2) is 13.9 Å². The van der Waals surface area contributed by atoms with E-state index in [1.165, 1.54) is 13.8 Å². The Kier molecular flexibility index (Phi) is 5.04. The van der Waals surface area contributed by atoms with Gasteiger partial charge < -0.3 is 5.11 Å². The van der Waals surface area contributed by atoms with Gasteiger partial charge in [0.05, 0.1) is 6.54 Å². The Labute approximate surface area is 88.1 Å². The molecule has 0 aromatic carbocycles. The number of halogens is 2. The van der Waals surface area contributed by atoms with Crippen molar-refractivity contribution in [2.24, 2.45) is 5.14 Å². The zero-order valence-corrected chi connectivity index (χ0v) is 9.47. The molecule has 0 aliphatic rings. The number of nitrogens with two attached hydrogens (primary N) is 1. The average molecular weight is 246 g/mol. The molecule has 15 heavy (non-hydrogen) atoms. The fourth-order valence-electron chi connectivity index (χ4n) is 1.04. The highest BCUT2D eigenvalue weighted by molar-refractivity contribution is 7.86. The molecule has 0 spiro atoms. The maximum atomic E-state index is 13.0. The topological polar surface area (TPSA) is 83.6 Å². The van der Waals surface area contributed by atoms with Gasteiger partial charge in [0, 0.05) is 19.1 Å². The minimum absolute atomic E-state index is 0.503. The summed E-state index contributed by atoms with van der Waals surface area (Å²) in [5.41, 5.74) is 0. The zero-order valence-electron chi connectivity index (χ0n) is 8.65. The second-order valence-electron chi connectivity index (χ2n) is 3.51. The van der Waals surface area contributed by atoms with Crippen LogP contribution in [0.1, 0.15) is 20.3 Å². The molecule has 0 bridgehead atoms. The predicted octanol–water partition coefficient (Wildman–Crippen LogP) is -0.0820. The van der Waals surface area contributed by atoms with E-state index < -0.39 is 41.7 Å². The van der Waals surface area contributed by atoms with Gasteiger partial charge in [-0.05, 0) is 13.8 Å². The van der Waals surface area contributed by atoms with Crippen molar-refractivity contribution in [2.45, 2.75) is 32.2 Å². The smallest absolute Gasteiger partial charge is 0.277 e. The summed E-state index contributed by atoms with van der Waals surface area (Å²) in [4.78, 5) is 0. The van der Waals surface area contributed by atoms with Crippen LogP contribution in [0.3, 0.4) is 0 Å². The van der Waals surface area contributed by atoms with Crippen molar-refractivity contribution < 1.29 is 22.3 Å². The second kappa shape index (κ2) is 5.15. The van der Waals surface area contributed by atoms with Gasteiger partial charge in [-0.15, -0.1) is 0 Å². The molecule has 0 unspecified atom stereocenters. The van der Waals surface area contributed by atoms with Gasteiger partial charge in [-0.3, -0.25) is 0 Å². The van der Waals surface area contributed by atoms with Crippen LogP contribution in [0, 0.1) is 0 Å². The lowest BCUT2D eigenvalue weighted by Crippen LogP contribution is -2.47. The van der Waals surface area contributed by atoms with Crippen LogP contribution < -0.4 is 5.14 Å². The molecule has 0 aliphatic carbocycles. The van der Waals surface area contributed by atoms with Gasteiger partial charge in [0.15, 0.2) is 0 Å². The summed E-state index contributed by atoms with van der Waals surface area (Å²) in [6, 6.07) is -0.649. The standard InChI is InChI=1S/C7H16F2N2O3S/c1-6(2)11(15(10,13)14)5-7(8,9)3-4-12/h6,12H,3-5H2,1-2H3,(H2,10,13,14). The molecule has 0 aromatic rings. The largest absolute Gasteiger partial charge is 0.396 e. The van der Waals surface area contributed by atoms with Crippen molar-refractivity contribution in [3.8, 4) is 0 Å². The molecule has 3 N–H and O–H groups in total. The summed E-state index contributed by atoms with van der Waals surface area (Å²) in [5.74, 6) is -3.27. The fourth-order valence-corrected chi connectivity index (χ4v) is 1.99. The molecule has 0 radical (unpaired) electrons. The number of hydrogen-bond donors (Lipinski definition) is 2. The molecule has 0 rings (SSSR count). The quantitative estimate of drug-likeness (QED) is 0.687. The van der Waals surface area contributed by atoms with Gasteiger partial charge >= 0.3 is 0 Å². The van der Waals surface area contributed by atoms with Crippen molar-refractivity contribution >= 4 is 10.2 Å². The van der Waals surface area contributed by atoms with E-state index in [2.05, 4.69) is 0 Å². The molecular weight excluding hydrogens is 230 g/mol. The zero-order chi connectivity index (χ0) is 12.3. The van der Waals surface area contributed by atoms with Crippen LogP contribution in [0.4, 0.5) is 8.78 Å². The van der Waals surface area contributed by atoms with Crippen LogP contribution >= 0.6 is 0 Å². The van der Waals surface area contributed by atoms with Crippen molar-refractivity contribution in [1.29, 1.82) is 0 Å². The van der Waals surface area contributed by atoms with Crippen molar-refractivity contribution in [2.75, 3.05) is 13.2 Å². The summed E-state index contributed by atoms with van der Waals surface area (Å²) in [6.45, 7) is 1.17. The number of alkyl halides is 2. The highest BCUT2D eigenvalue weighted by Gasteiger charge is 2.36. The molecule has 0 atom stereocenters. The molecular formula is C7H16F2N2O3S. The van der Waals surface area contributed by atoms with E-state index in [1.54, 1.807) is 0 Å². The summed E-state index contributed by atoms with van der Waals surface area (Å²) < 4.78 is 48.5. The molecule has 0 saturated carbocycles. The van der Waals surface area contributed by atoms with Gasteiger partial charge in [0.1, 0.15) is 0 Å². The second-order valence-corrected chi connectivity index (χ2v) is 5.01. The predicted molar refractivity (Wildman–Crippen MR) is 51.6 cm³/mol. The van der Waals surface area contributed by atoms with Gasteiger partial charge in [-0.2, -0.15) is 12.7 Å². The molecule has 8 heteroatoms. The maximum Gasteiger partial charge on any atom is 0.277 e. The van der Waals surface area contributed by atoms with Crippen LogP contribution in [-0.2, 0) is 10.2 Å². The summed E-state index contributed by atoms with van der Waals surface area (Å²) in [7, 11) is -4.14. The SMILES string of the molecule is CC(C)N(CC(F)(F)CCO)S(N)(=O)=O. The lowest BCUT2D eigenvalue weighted by Gasteiger charge is -2.27. The van der Waals surface area contributed by atoms with E-state index >= 15 is 0 Å². The first-order chi connectivity index (χ1) is 6.60. The van der Waals surface area contributed by atoms with Crippen LogP contribution in [0.2, 0.25) is 0 Å². The van der Waals surface area contributed by atoms with E-state index in [4.69, 9.17) is 10.2 Å². The summed E-state index contributed by atoms with van der Waals surface area (Å²) in [6.07, 6.45) is -0.786. The highest BCUT2D eigenvalue weighted by atomic mass is 32.2. The molecule has 0 fully saturated rings. The third-order valence-corrected chi connectivity index (χ3v) is 2.97.